The maximum atomic E-state index is 5.43. The molecule has 1 heterocycles. The van der Waals surface area contributed by atoms with E-state index >= 15 is 0 Å². The summed E-state index contributed by atoms with van der Waals surface area (Å²) in [6, 6.07) is 15.3. The average Bonchev–Trinajstić information content (AvgIpc) is 3.09. The summed E-state index contributed by atoms with van der Waals surface area (Å²) >= 11 is 0. The molecular weight excluding hydrogens is 196 g/mol. The van der Waals surface area contributed by atoms with Gasteiger partial charge in [-0.2, -0.15) is 0 Å². The van der Waals surface area contributed by atoms with Crippen molar-refractivity contribution in [3.63, 3.8) is 0 Å². The first kappa shape index (κ1) is 8.54. The molecule has 0 radical (unpaired) electrons. The van der Waals surface area contributed by atoms with Crippen LogP contribution in [-0.4, -0.2) is 6.61 Å². The summed E-state index contributed by atoms with van der Waals surface area (Å²) in [5.41, 5.74) is 7.12. The number of benzene rings is 2. The van der Waals surface area contributed by atoms with Crippen molar-refractivity contribution < 1.29 is 4.74 Å². The van der Waals surface area contributed by atoms with Crippen LogP contribution < -0.4 is 0 Å². The Labute approximate surface area is 94.7 Å². The van der Waals surface area contributed by atoms with Gasteiger partial charge in [-0.15, -0.1) is 0 Å². The molecule has 1 fully saturated rings. The zero-order valence-electron chi connectivity index (χ0n) is 8.94. The van der Waals surface area contributed by atoms with Crippen LogP contribution in [0.2, 0.25) is 0 Å². The Bertz CT molecular complexity index is 567. The van der Waals surface area contributed by atoms with Gasteiger partial charge in [0.1, 0.15) is 6.10 Å². The second-order valence-corrected chi connectivity index (χ2v) is 4.54. The Morgan fingerprint density at radius 2 is 1.75 bits per heavy atom. The summed E-state index contributed by atoms with van der Waals surface area (Å²) < 4.78 is 5.43. The molecule has 2 aliphatic rings. The summed E-state index contributed by atoms with van der Waals surface area (Å²) in [5.74, 6) is 0. The lowest BCUT2D eigenvalue weighted by Crippen LogP contribution is -1.88. The van der Waals surface area contributed by atoms with Gasteiger partial charge in [-0.25, -0.2) is 0 Å². The predicted molar refractivity (Wildman–Crippen MR) is 63.4 cm³/mol. The molecule has 0 bridgehead atoms. The zero-order valence-corrected chi connectivity index (χ0v) is 8.94. The van der Waals surface area contributed by atoms with E-state index in [4.69, 9.17) is 4.74 Å². The van der Waals surface area contributed by atoms with Crippen molar-refractivity contribution in [3.05, 3.63) is 59.2 Å². The highest BCUT2D eigenvalue weighted by Gasteiger charge is 2.31. The van der Waals surface area contributed by atoms with Crippen molar-refractivity contribution in [3.8, 4) is 11.1 Å². The molecule has 0 amide bonds. The lowest BCUT2D eigenvalue weighted by atomic mass is 9.98. The van der Waals surface area contributed by atoms with E-state index in [1.807, 2.05) is 0 Å². The standard InChI is InChI=1S/C15H12O/c1-2-6-12-10(4-1)8-11-5-3-7-13(15(11)12)14-9-16-14/h1-7,14H,8-9H2. The van der Waals surface area contributed by atoms with E-state index in [9.17, 15) is 0 Å². The van der Waals surface area contributed by atoms with Crippen LogP contribution in [0.4, 0.5) is 0 Å². The van der Waals surface area contributed by atoms with Gasteiger partial charge in [0.2, 0.25) is 0 Å². The van der Waals surface area contributed by atoms with Gasteiger partial charge in [-0.3, -0.25) is 0 Å². The summed E-state index contributed by atoms with van der Waals surface area (Å²) in [6.45, 7) is 0.888. The fraction of sp³-hybridized carbons (Fsp3) is 0.200. The molecule has 16 heavy (non-hydrogen) atoms. The number of ether oxygens (including phenoxy) is 1. The number of epoxide rings is 1. The molecule has 0 saturated carbocycles. The van der Waals surface area contributed by atoms with Crippen molar-refractivity contribution in [2.45, 2.75) is 12.5 Å². The fourth-order valence-corrected chi connectivity index (χ4v) is 2.72. The van der Waals surface area contributed by atoms with Crippen LogP contribution in [0.25, 0.3) is 11.1 Å². The van der Waals surface area contributed by atoms with E-state index in [-0.39, 0.29) is 0 Å². The maximum absolute atomic E-state index is 5.43. The van der Waals surface area contributed by atoms with Crippen molar-refractivity contribution in [1.82, 2.24) is 0 Å². The van der Waals surface area contributed by atoms with E-state index in [0.717, 1.165) is 13.0 Å². The van der Waals surface area contributed by atoms with Crippen LogP contribution in [0.5, 0.6) is 0 Å². The number of fused-ring (bicyclic) bond motifs is 3. The lowest BCUT2D eigenvalue weighted by molar-refractivity contribution is 0.416. The second kappa shape index (κ2) is 2.96. The molecule has 1 aliphatic carbocycles. The van der Waals surface area contributed by atoms with Crippen molar-refractivity contribution in [2.24, 2.45) is 0 Å². The molecule has 1 aliphatic heterocycles. The van der Waals surface area contributed by atoms with E-state index in [2.05, 4.69) is 42.5 Å². The first-order valence-electron chi connectivity index (χ1n) is 5.75. The normalized spacial score (nSPS) is 20.4. The summed E-state index contributed by atoms with van der Waals surface area (Å²) in [4.78, 5) is 0. The van der Waals surface area contributed by atoms with Gasteiger partial charge in [0.25, 0.3) is 0 Å². The Morgan fingerprint density at radius 3 is 2.62 bits per heavy atom. The highest BCUT2D eigenvalue weighted by Crippen LogP contribution is 2.44. The van der Waals surface area contributed by atoms with Crippen molar-refractivity contribution >= 4 is 0 Å². The minimum Gasteiger partial charge on any atom is -0.368 e. The van der Waals surface area contributed by atoms with Gasteiger partial charge in [0, 0.05) is 0 Å². The quantitative estimate of drug-likeness (QED) is 0.559. The Balaban J connectivity index is 2.01. The largest absolute Gasteiger partial charge is 0.368 e. The minimum atomic E-state index is 0.348. The van der Waals surface area contributed by atoms with Crippen LogP contribution in [0.1, 0.15) is 22.8 Å². The van der Waals surface area contributed by atoms with E-state index in [1.165, 1.54) is 27.8 Å². The molecular formula is C15H12O. The highest BCUT2D eigenvalue weighted by molar-refractivity contribution is 5.80. The van der Waals surface area contributed by atoms with Crippen molar-refractivity contribution in [2.75, 3.05) is 6.61 Å². The third kappa shape index (κ3) is 1.09. The molecule has 0 spiro atoms. The second-order valence-electron chi connectivity index (χ2n) is 4.54. The van der Waals surface area contributed by atoms with Gasteiger partial charge in [-0.1, -0.05) is 42.5 Å². The third-order valence-electron chi connectivity index (χ3n) is 3.53. The number of rotatable bonds is 1. The van der Waals surface area contributed by atoms with Gasteiger partial charge < -0.3 is 4.74 Å². The maximum Gasteiger partial charge on any atom is 0.107 e. The molecule has 2 aromatic carbocycles. The van der Waals surface area contributed by atoms with Crippen LogP contribution in [0.3, 0.4) is 0 Å². The fourth-order valence-electron chi connectivity index (χ4n) is 2.72. The zero-order chi connectivity index (χ0) is 10.5. The summed E-state index contributed by atoms with van der Waals surface area (Å²) in [5, 5.41) is 0. The molecule has 78 valence electrons. The molecule has 2 aromatic rings. The molecule has 1 atom stereocenters. The third-order valence-corrected chi connectivity index (χ3v) is 3.53. The average molecular weight is 208 g/mol. The minimum absolute atomic E-state index is 0.348. The number of hydrogen-bond acceptors (Lipinski definition) is 1. The predicted octanol–water partition coefficient (Wildman–Crippen LogP) is 3.33. The Kier molecular flexibility index (Phi) is 1.58. The van der Waals surface area contributed by atoms with E-state index < -0.39 is 0 Å². The molecule has 1 unspecified atom stereocenters. The van der Waals surface area contributed by atoms with Crippen LogP contribution in [0, 0.1) is 0 Å². The monoisotopic (exact) mass is 208 g/mol. The molecule has 0 N–H and O–H groups in total. The first-order chi connectivity index (χ1) is 7.93. The van der Waals surface area contributed by atoms with Gasteiger partial charge >= 0.3 is 0 Å². The van der Waals surface area contributed by atoms with Crippen molar-refractivity contribution in [1.29, 1.82) is 0 Å². The molecule has 1 nitrogen and oxygen atoms in total. The Morgan fingerprint density at radius 1 is 0.938 bits per heavy atom. The summed E-state index contributed by atoms with van der Waals surface area (Å²) in [7, 11) is 0. The van der Waals surface area contributed by atoms with Gasteiger partial charge in [0.15, 0.2) is 0 Å². The molecule has 0 aromatic heterocycles. The topological polar surface area (TPSA) is 12.5 Å². The Hall–Kier alpha value is -1.60. The van der Waals surface area contributed by atoms with Crippen LogP contribution in [-0.2, 0) is 11.2 Å². The van der Waals surface area contributed by atoms with Gasteiger partial charge in [0.05, 0.1) is 6.61 Å². The van der Waals surface area contributed by atoms with E-state index in [0.29, 0.717) is 6.10 Å². The number of hydrogen-bond donors (Lipinski definition) is 0. The first-order valence-corrected chi connectivity index (χ1v) is 5.75. The van der Waals surface area contributed by atoms with Crippen LogP contribution in [0.15, 0.2) is 42.5 Å². The smallest absolute Gasteiger partial charge is 0.107 e. The van der Waals surface area contributed by atoms with Gasteiger partial charge in [-0.05, 0) is 34.2 Å². The molecule has 1 heteroatoms. The summed E-state index contributed by atoms with van der Waals surface area (Å²) in [6.07, 6.45) is 1.42. The SMILES string of the molecule is c1ccc2c(c1)Cc1cccc(C3CO3)c1-2. The highest BCUT2D eigenvalue weighted by atomic mass is 16.6. The van der Waals surface area contributed by atoms with E-state index in [1.54, 1.807) is 0 Å². The molecule has 1 saturated heterocycles. The molecule has 4 rings (SSSR count). The lowest BCUT2D eigenvalue weighted by Gasteiger charge is -2.06. The van der Waals surface area contributed by atoms with Crippen LogP contribution >= 0.6 is 0 Å².